The van der Waals surface area contributed by atoms with E-state index in [1.165, 1.54) is 6.92 Å². The van der Waals surface area contributed by atoms with E-state index in [0.717, 1.165) is 11.3 Å². The van der Waals surface area contributed by atoms with Crippen molar-refractivity contribution >= 4 is 17.2 Å². The molecular weight excluding hydrogens is 359 g/mol. The fraction of sp³-hybridized carbons (Fsp3) is 0.467. The van der Waals surface area contributed by atoms with Gasteiger partial charge >= 0.3 is 6.18 Å². The summed E-state index contributed by atoms with van der Waals surface area (Å²) >= 11 is 1.06. The number of aromatic nitrogens is 1. The summed E-state index contributed by atoms with van der Waals surface area (Å²) in [5.74, 6) is -1.39. The first-order chi connectivity index (χ1) is 11.8. The molecule has 1 amide bonds. The lowest BCUT2D eigenvalue weighted by Gasteiger charge is -2.34. The van der Waals surface area contributed by atoms with E-state index >= 15 is 0 Å². The number of rotatable bonds is 3. The topological polar surface area (TPSA) is 78.6 Å². The molecule has 1 fully saturated rings. The lowest BCUT2D eigenvalue weighted by Crippen LogP contribution is -2.55. The molecule has 10 heteroatoms. The number of nitrogens with one attached hydrogen (secondary N) is 1. The van der Waals surface area contributed by atoms with Gasteiger partial charge < -0.3 is 19.8 Å². The maximum atomic E-state index is 12.8. The molecule has 0 aromatic carbocycles. The van der Waals surface area contributed by atoms with E-state index in [1.807, 2.05) is 0 Å². The van der Waals surface area contributed by atoms with Gasteiger partial charge in [-0.3, -0.25) is 4.79 Å². The molecule has 2 aromatic heterocycles. The molecule has 6 nitrogen and oxygen atoms in total. The number of carbonyl (C=O) groups excluding carboxylic acids is 1. The van der Waals surface area contributed by atoms with Gasteiger partial charge in [-0.05, 0) is 19.1 Å². The second kappa shape index (κ2) is 6.77. The van der Waals surface area contributed by atoms with E-state index in [9.17, 15) is 23.1 Å². The first-order valence-electron chi connectivity index (χ1n) is 7.59. The minimum absolute atomic E-state index is 0.0791. The molecule has 1 aliphatic heterocycles. The van der Waals surface area contributed by atoms with Crippen molar-refractivity contribution in [2.24, 2.45) is 0 Å². The number of carbonyl (C=O) groups is 1. The zero-order chi connectivity index (χ0) is 18.2. The second-order valence-electron chi connectivity index (χ2n) is 5.69. The molecule has 1 saturated heterocycles. The monoisotopic (exact) mass is 375 g/mol. The van der Waals surface area contributed by atoms with Crippen molar-refractivity contribution in [3.8, 4) is 10.6 Å². The van der Waals surface area contributed by atoms with Crippen LogP contribution in [0.25, 0.3) is 10.6 Å². The van der Waals surface area contributed by atoms with E-state index in [-0.39, 0.29) is 29.8 Å². The van der Waals surface area contributed by atoms with E-state index in [0.29, 0.717) is 29.4 Å². The summed E-state index contributed by atoms with van der Waals surface area (Å²) in [5.41, 5.74) is -0.0286. The van der Waals surface area contributed by atoms with Crippen LogP contribution >= 0.6 is 11.3 Å². The molecule has 0 aliphatic carbocycles. The Kier molecular flexibility index (Phi) is 4.85. The number of hydrogen-bond acceptors (Lipinski definition) is 6. The van der Waals surface area contributed by atoms with Gasteiger partial charge in [-0.25, -0.2) is 0 Å². The number of alkyl halides is 3. The first kappa shape index (κ1) is 17.9. The molecule has 1 atom stereocenters. The predicted molar refractivity (Wildman–Crippen MR) is 84.3 cm³/mol. The summed E-state index contributed by atoms with van der Waals surface area (Å²) < 4.78 is 42.9. The number of nitrogens with zero attached hydrogens (tertiary/aromatic N) is 2. The third-order valence-electron chi connectivity index (χ3n) is 4.05. The summed E-state index contributed by atoms with van der Waals surface area (Å²) in [6.45, 7) is 2.70. The van der Waals surface area contributed by atoms with Crippen LogP contribution in [0, 0.1) is 6.92 Å². The summed E-state index contributed by atoms with van der Waals surface area (Å²) in [6, 6.07) is 2.79. The maximum absolute atomic E-state index is 12.8. The third kappa shape index (κ3) is 3.42. The highest BCUT2D eigenvalue weighted by Crippen LogP contribution is 2.38. The third-order valence-corrected chi connectivity index (χ3v) is 5.13. The molecule has 0 saturated carbocycles. The zero-order valence-corrected chi connectivity index (χ0v) is 14.1. The SMILES string of the molecule is Cc1c(-c2ccc(C(=O)N3CCNC[C@@H]3CO)s2)noc1C(F)(F)F. The van der Waals surface area contributed by atoms with Crippen LogP contribution in [0.4, 0.5) is 13.2 Å². The van der Waals surface area contributed by atoms with Crippen LogP contribution < -0.4 is 5.32 Å². The van der Waals surface area contributed by atoms with E-state index in [1.54, 1.807) is 17.0 Å². The average molecular weight is 375 g/mol. The Morgan fingerprint density at radius 2 is 2.28 bits per heavy atom. The van der Waals surface area contributed by atoms with Gasteiger partial charge in [0.05, 0.1) is 22.4 Å². The Bertz CT molecular complexity index is 772. The molecule has 136 valence electrons. The van der Waals surface area contributed by atoms with Crippen molar-refractivity contribution in [1.82, 2.24) is 15.4 Å². The molecule has 0 spiro atoms. The molecule has 2 N–H and O–H groups in total. The number of halogens is 3. The second-order valence-corrected chi connectivity index (χ2v) is 6.77. The van der Waals surface area contributed by atoms with Gasteiger partial charge in [-0.1, -0.05) is 5.16 Å². The molecule has 25 heavy (non-hydrogen) atoms. The number of hydrogen-bond donors (Lipinski definition) is 2. The van der Waals surface area contributed by atoms with Crippen LogP contribution in [0.1, 0.15) is 21.0 Å². The first-order valence-corrected chi connectivity index (χ1v) is 8.40. The average Bonchev–Trinajstić information content (AvgIpc) is 3.20. The Hall–Kier alpha value is -1.91. The zero-order valence-electron chi connectivity index (χ0n) is 13.3. The standard InChI is InChI=1S/C15H16F3N3O3S/c1-8-12(20-24-13(8)15(16,17)18)10-2-3-11(25-10)14(23)21-5-4-19-6-9(21)7-22/h2-3,9,19,22H,4-7H2,1H3/t9-/m1/s1. The van der Waals surface area contributed by atoms with Crippen LogP contribution in [0.15, 0.2) is 16.7 Å². The highest BCUT2D eigenvalue weighted by Gasteiger charge is 2.39. The Morgan fingerprint density at radius 3 is 2.92 bits per heavy atom. The van der Waals surface area contributed by atoms with Crippen molar-refractivity contribution in [2.75, 3.05) is 26.2 Å². The molecular formula is C15H16F3N3O3S. The van der Waals surface area contributed by atoms with Gasteiger partial charge in [-0.2, -0.15) is 13.2 Å². The van der Waals surface area contributed by atoms with E-state index in [4.69, 9.17) is 0 Å². The van der Waals surface area contributed by atoms with Crippen LogP contribution in [-0.2, 0) is 6.18 Å². The van der Waals surface area contributed by atoms with Crippen LogP contribution in [0.2, 0.25) is 0 Å². The largest absolute Gasteiger partial charge is 0.452 e. The fourth-order valence-electron chi connectivity index (χ4n) is 2.74. The number of thiophene rings is 1. The molecule has 3 rings (SSSR count). The van der Waals surface area contributed by atoms with Crippen molar-refractivity contribution in [3.05, 3.63) is 28.3 Å². The molecule has 0 radical (unpaired) electrons. The molecule has 2 aromatic rings. The number of aliphatic hydroxyl groups excluding tert-OH is 1. The smallest absolute Gasteiger partial charge is 0.394 e. The van der Waals surface area contributed by atoms with Gasteiger partial charge in [0, 0.05) is 25.2 Å². The molecule has 0 bridgehead atoms. The Balaban J connectivity index is 1.85. The van der Waals surface area contributed by atoms with Crippen LogP contribution in [0.5, 0.6) is 0 Å². The normalized spacial score (nSPS) is 18.6. The van der Waals surface area contributed by atoms with Crippen LogP contribution in [-0.4, -0.2) is 53.4 Å². The summed E-state index contributed by atoms with van der Waals surface area (Å²) in [7, 11) is 0. The van der Waals surface area contributed by atoms with Gasteiger partial charge in [0.25, 0.3) is 5.91 Å². The highest BCUT2D eigenvalue weighted by molar-refractivity contribution is 7.17. The quantitative estimate of drug-likeness (QED) is 0.859. The number of amides is 1. The van der Waals surface area contributed by atoms with Crippen molar-refractivity contribution < 1.29 is 27.6 Å². The number of aliphatic hydroxyl groups is 1. The molecule has 0 unspecified atom stereocenters. The van der Waals surface area contributed by atoms with E-state index in [2.05, 4.69) is 15.0 Å². The van der Waals surface area contributed by atoms with E-state index < -0.39 is 11.9 Å². The van der Waals surface area contributed by atoms with Crippen molar-refractivity contribution in [1.29, 1.82) is 0 Å². The van der Waals surface area contributed by atoms with Gasteiger partial charge in [0.15, 0.2) is 0 Å². The summed E-state index contributed by atoms with van der Waals surface area (Å²) in [4.78, 5) is 15.0. The summed E-state index contributed by atoms with van der Waals surface area (Å²) in [5, 5.41) is 16.0. The van der Waals surface area contributed by atoms with Crippen molar-refractivity contribution in [2.45, 2.75) is 19.1 Å². The lowest BCUT2D eigenvalue weighted by atomic mass is 10.2. The lowest BCUT2D eigenvalue weighted by molar-refractivity contribution is -0.156. The van der Waals surface area contributed by atoms with Crippen LogP contribution in [0.3, 0.4) is 0 Å². The van der Waals surface area contributed by atoms with Gasteiger partial charge in [-0.15, -0.1) is 11.3 Å². The Labute approximate surface area is 145 Å². The maximum Gasteiger partial charge on any atom is 0.452 e. The number of piperazine rings is 1. The minimum Gasteiger partial charge on any atom is -0.394 e. The van der Waals surface area contributed by atoms with Gasteiger partial charge in [0.2, 0.25) is 5.76 Å². The summed E-state index contributed by atoms with van der Waals surface area (Å²) in [6.07, 6.45) is -4.61. The fourth-order valence-corrected chi connectivity index (χ4v) is 3.74. The van der Waals surface area contributed by atoms with Crippen molar-refractivity contribution in [3.63, 3.8) is 0 Å². The molecule has 1 aliphatic rings. The Morgan fingerprint density at radius 1 is 1.52 bits per heavy atom. The predicted octanol–water partition coefficient (Wildman–Crippen LogP) is 2.14. The van der Waals surface area contributed by atoms with Gasteiger partial charge in [0.1, 0.15) is 5.69 Å². The highest BCUT2D eigenvalue weighted by atomic mass is 32.1. The minimum atomic E-state index is -4.61. The molecule has 3 heterocycles.